The number of carbonyl (C=O) groups is 2. The minimum Gasteiger partial charge on any atom is -0.480 e. The molecule has 0 aromatic rings. The summed E-state index contributed by atoms with van der Waals surface area (Å²) >= 11 is 0. The van der Waals surface area contributed by atoms with Crippen LogP contribution in [0.15, 0.2) is 12.7 Å². The molecule has 0 fully saturated rings. The van der Waals surface area contributed by atoms with Gasteiger partial charge in [-0.1, -0.05) is 12.7 Å². The summed E-state index contributed by atoms with van der Waals surface area (Å²) in [6.45, 7) is 4.75. The number of rotatable bonds is 11. The zero-order valence-electron chi connectivity index (χ0n) is 10.2. The molecule has 0 rings (SSSR count). The SMILES string of the molecule is C=CCOC(=O)NCCCOCCOCC(=O)O. The lowest BCUT2D eigenvalue weighted by molar-refractivity contribution is -0.142. The smallest absolute Gasteiger partial charge is 0.407 e. The van der Waals surface area contributed by atoms with Gasteiger partial charge in [0.25, 0.3) is 0 Å². The van der Waals surface area contributed by atoms with Crippen LogP contribution >= 0.6 is 0 Å². The highest BCUT2D eigenvalue weighted by molar-refractivity contribution is 5.68. The molecule has 0 spiro atoms. The molecule has 0 aliphatic heterocycles. The third kappa shape index (κ3) is 12.5. The molecule has 0 aromatic carbocycles. The molecule has 0 atom stereocenters. The van der Waals surface area contributed by atoms with Gasteiger partial charge in [0.2, 0.25) is 0 Å². The van der Waals surface area contributed by atoms with Gasteiger partial charge in [0.15, 0.2) is 0 Å². The zero-order chi connectivity index (χ0) is 13.6. The first-order valence-corrected chi connectivity index (χ1v) is 5.55. The van der Waals surface area contributed by atoms with E-state index < -0.39 is 12.1 Å². The Morgan fingerprint density at radius 3 is 2.61 bits per heavy atom. The lowest BCUT2D eigenvalue weighted by Crippen LogP contribution is -2.26. The summed E-state index contributed by atoms with van der Waals surface area (Å²) in [5, 5.41) is 10.8. The third-order valence-electron chi connectivity index (χ3n) is 1.66. The summed E-state index contributed by atoms with van der Waals surface area (Å²) in [6, 6.07) is 0. The van der Waals surface area contributed by atoms with Gasteiger partial charge in [-0.2, -0.15) is 0 Å². The van der Waals surface area contributed by atoms with Crippen LogP contribution in [0.2, 0.25) is 0 Å². The summed E-state index contributed by atoms with van der Waals surface area (Å²) in [7, 11) is 0. The van der Waals surface area contributed by atoms with Crippen LogP contribution in [0.25, 0.3) is 0 Å². The summed E-state index contributed by atoms with van der Waals surface area (Å²) in [4.78, 5) is 21.0. The van der Waals surface area contributed by atoms with Crippen molar-refractivity contribution in [3.8, 4) is 0 Å². The van der Waals surface area contributed by atoms with E-state index in [2.05, 4.69) is 16.6 Å². The largest absolute Gasteiger partial charge is 0.480 e. The maximum atomic E-state index is 10.9. The molecule has 0 saturated carbocycles. The molecule has 0 aliphatic rings. The second kappa shape index (κ2) is 11.9. The van der Waals surface area contributed by atoms with E-state index in [1.54, 1.807) is 0 Å². The van der Waals surface area contributed by atoms with Gasteiger partial charge in [-0.3, -0.25) is 0 Å². The maximum absolute atomic E-state index is 10.9. The molecule has 2 N–H and O–H groups in total. The van der Waals surface area contributed by atoms with Crippen molar-refractivity contribution in [3.63, 3.8) is 0 Å². The van der Waals surface area contributed by atoms with Crippen molar-refractivity contribution >= 4 is 12.1 Å². The Bertz CT molecular complexity index is 256. The van der Waals surface area contributed by atoms with Crippen molar-refractivity contribution in [1.29, 1.82) is 0 Å². The molecule has 1 amide bonds. The monoisotopic (exact) mass is 261 g/mol. The predicted octanol–water partition coefficient (Wildman–Crippen LogP) is 0.407. The fraction of sp³-hybridized carbons (Fsp3) is 0.636. The van der Waals surface area contributed by atoms with Crippen molar-refractivity contribution in [2.45, 2.75) is 6.42 Å². The number of hydrogen-bond donors (Lipinski definition) is 2. The van der Waals surface area contributed by atoms with Gasteiger partial charge in [-0.25, -0.2) is 9.59 Å². The van der Waals surface area contributed by atoms with Crippen molar-refractivity contribution in [3.05, 3.63) is 12.7 Å². The van der Waals surface area contributed by atoms with Gasteiger partial charge in [0, 0.05) is 13.2 Å². The van der Waals surface area contributed by atoms with Crippen LogP contribution in [0, 0.1) is 0 Å². The van der Waals surface area contributed by atoms with E-state index in [0.29, 0.717) is 26.2 Å². The van der Waals surface area contributed by atoms with Gasteiger partial charge in [0.05, 0.1) is 13.2 Å². The second-order valence-electron chi connectivity index (χ2n) is 3.23. The molecular formula is C11H19NO6. The van der Waals surface area contributed by atoms with Gasteiger partial charge >= 0.3 is 12.1 Å². The number of alkyl carbamates (subject to hydrolysis) is 1. The minimum absolute atomic E-state index is 0.184. The standard InChI is InChI=1S/C11H19NO6/c1-2-5-18-11(15)12-4-3-6-16-7-8-17-9-10(13)14/h2H,1,3-9H2,(H,12,15)(H,13,14). The van der Waals surface area contributed by atoms with Crippen molar-refractivity contribution in [2.24, 2.45) is 0 Å². The molecule has 0 bridgehead atoms. The highest BCUT2D eigenvalue weighted by atomic mass is 16.5. The number of nitrogens with one attached hydrogen (secondary N) is 1. The molecular weight excluding hydrogens is 242 g/mol. The van der Waals surface area contributed by atoms with E-state index in [0.717, 1.165) is 0 Å². The van der Waals surface area contributed by atoms with Crippen LogP contribution < -0.4 is 5.32 Å². The van der Waals surface area contributed by atoms with E-state index in [1.807, 2.05) is 0 Å². The number of carboxylic acids is 1. The van der Waals surface area contributed by atoms with E-state index in [1.165, 1.54) is 6.08 Å². The van der Waals surface area contributed by atoms with E-state index in [9.17, 15) is 9.59 Å². The van der Waals surface area contributed by atoms with Crippen molar-refractivity contribution < 1.29 is 28.9 Å². The fourth-order valence-corrected chi connectivity index (χ4v) is 0.930. The van der Waals surface area contributed by atoms with E-state index in [-0.39, 0.29) is 19.8 Å². The molecule has 0 unspecified atom stereocenters. The van der Waals surface area contributed by atoms with Crippen molar-refractivity contribution in [2.75, 3.05) is 39.6 Å². The number of carboxylic acid groups (broad SMARTS) is 1. The Balaban J connectivity index is 3.13. The fourth-order valence-electron chi connectivity index (χ4n) is 0.930. The Labute approximate surface area is 106 Å². The van der Waals surface area contributed by atoms with Crippen LogP contribution in [-0.4, -0.2) is 56.7 Å². The molecule has 7 nitrogen and oxygen atoms in total. The molecule has 7 heteroatoms. The lowest BCUT2D eigenvalue weighted by atomic mass is 10.4. The number of hydrogen-bond acceptors (Lipinski definition) is 5. The third-order valence-corrected chi connectivity index (χ3v) is 1.66. The van der Waals surface area contributed by atoms with Gasteiger partial charge < -0.3 is 24.6 Å². The first-order chi connectivity index (χ1) is 8.66. The molecule has 0 radical (unpaired) electrons. The Morgan fingerprint density at radius 1 is 1.22 bits per heavy atom. The Kier molecular flexibility index (Phi) is 10.8. The van der Waals surface area contributed by atoms with Gasteiger partial charge in [0.1, 0.15) is 13.2 Å². The average Bonchev–Trinajstić information content (AvgIpc) is 2.34. The zero-order valence-corrected chi connectivity index (χ0v) is 10.2. The quantitative estimate of drug-likeness (QED) is 0.413. The van der Waals surface area contributed by atoms with E-state index in [4.69, 9.17) is 14.6 Å². The molecule has 18 heavy (non-hydrogen) atoms. The average molecular weight is 261 g/mol. The highest BCUT2D eigenvalue weighted by Crippen LogP contribution is 1.84. The predicted molar refractivity (Wildman–Crippen MR) is 63.4 cm³/mol. The number of carbonyl (C=O) groups excluding carboxylic acids is 1. The second-order valence-corrected chi connectivity index (χ2v) is 3.23. The number of aliphatic carboxylic acids is 1. The first-order valence-electron chi connectivity index (χ1n) is 5.55. The number of ether oxygens (including phenoxy) is 3. The van der Waals surface area contributed by atoms with Crippen LogP contribution in [0.4, 0.5) is 4.79 Å². The maximum Gasteiger partial charge on any atom is 0.407 e. The lowest BCUT2D eigenvalue weighted by Gasteiger charge is -2.06. The Hall–Kier alpha value is -1.60. The molecule has 0 aromatic heterocycles. The van der Waals surface area contributed by atoms with Crippen LogP contribution in [0.5, 0.6) is 0 Å². The molecule has 0 aliphatic carbocycles. The summed E-state index contributed by atoms with van der Waals surface area (Å²) in [5.41, 5.74) is 0. The van der Waals surface area contributed by atoms with Crippen molar-refractivity contribution in [1.82, 2.24) is 5.32 Å². The molecule has 0 saturated heterocycles. The summed E-state index contributed by atoms with van der Waals surface area (Å²) in [5.74, 6) is -1.00. The normalized spacial score (nSPS) is 9.78. The van der Waals surface area contributed by atoms with Gasteiger partial charge in [-0.15, -0.1) is 0 Å². The Morgan fingerprint density at radius 2 is 1.94 bits per heavy atom. The summed E-state index contributed by atoms with van der Waals surface area (Å²) < 4.78 is 14.6. The summed E-state index contributed by atoms with van der Waals surface area (Å²) in [6.07, 6.45) is 1.64. The topological polar surface area (TPSA) is 94.1 Å². The van der Waals surface area contributed by atoms with Crippen LogP contribution in [0.1, 0.15) is 6.42 Å². The molecule has 104 valence electrons. The van der Waals surface area contributed by atoms with Crippen LogP contribution in [-0.2, 0) is 19.0 Å². The minimum atomic E-state index is -1.00. The number of amides is 1. The van der Waals surface area contributed by atoms with Gasteiger partial charge in [-0.05, 0) is 6.42 Å². The molecule has 0 heterocycles. The van der Waals surface area contributed by atoms with Crippen LogP contribution in [0.3, 0.4) is 0 Å². The first kappa shape index (κ1) is 16.4. The highest BCUT2D eigenvalue weighted by Gasteiger charge is 1.99. The van der Waals surface area contributed by atoms with E-state index >= 15 is 0 Å².